The number of para-hydroxylation sites is 1. The van der Waals surface area contributed by atoms with Crippen LogP contribution in [0.3, 0.4) is 0 Å². The Balaban J connectivity index is 0.000000845. The Kier molecular flexibility index (Phi) is 2.78. The lowest BCUT2D eigenvalue weighted by Gasteiger charge is -2.01. The van der Waals surface area contributed by atoms with E-state index in [9.17, 15) is 4.79 Å². The number of benzene rings is 1. The van der Waals surface area contributed by atoms with Crippen LogP contribution >= 0.6 is 12.4 Å². The molecule has 1 aliphatic rings. The SMILES string of the molecule is Cl.O=C(O)[C@@H]1CNc2ccccc21. The lowest BCUT2D eigenvalue weighted by atomic mass is 10.0. The number of carboxylic acids is 1. The highest BCUT2D eigenvalue weighted by Gasteiger charge is 2.27. The molecule has 1 aliphatic heterocycles. The van der Waals surface area contributed by atoms with E-state index in [1.807, 2.05) is 24.3 Å². The largest absolute Gasteiger partial charge is 0.481 e. The van der Waals surface area contributed by atoms with Gasteiger partial charge < -0.3 is 10.4 Å². The Morgan fingerprint density at radius 2 is 2.15 bits per heavy atom. The van der Waals surface area contributed by atoms with Gasteiger partial charge in [0.05, 0.1) is 0 Å². The molecule has 1 aromatic carbocycles. The van der Waals surface area contributed by atoms with Gasteiger partial charge in [-0.15, -0.1) is 12.4 Å². The van der Waals surface area contributed by atoms with E-state index in [4.69, 9.17) is 5.11 Å². The second kappa shape index (κ2) is 3.66. The fourth-order valence-electron chi connectivity index (χ4n) is 1.50. The highest BCUT2D eigenvalue weighted by molar-refractivity contribution is 5.85. The first-order valence-electron chi connectivity index (χ1n) is 3.84. The molecule has 2 rings (SSSR count). The number of fused-ring (bicyclic) bond motifs is 1. The van der Waals surface area contributed by atoms with Crippen LogP contribution in [0.5, 0.6) is 0 Å². The second-order valence-electron chi connectivity index (χ2n) is 2.86. The summed E-state index contributed by atoms with van der Waals surface area (Å²) >= 11 is 0. The van der Waals surface area contributed by atoms with E-state index in [0.29, 0.717) is 6.54 Å². The maximum Gasteiger partial charge on any atom is 0.312 e. The number of hydrogen-bond donors (Lipinski definition) is 2. The summed E-state index contributed by atoms with van der Waals surface area (Å²) in [5, 5.41) is 11.9. The zero-order valence-corrected chi connectivity index (χ0v) is 7.67. The van der Waals surface area contributed by atoms with Crippen LogP contribution in [-0.4, -0.2) is 17.6 Å². The first kappa shape index (κ1) is 9.86. The number of carbonyl (C=O) groups is 1. The van der Waals surface area contributed by atoms with E-state index in [0.717, 1.165) is 11.3 Å². The van der Waals surface area contributed by atoms with Crippen molar-refractivity contribution < 1.29 is 9.90 Å². The Bertz CT molecular complexity index is 327. The van der Waals surface area contributed by atoms with Crippen LogP contribution in [0.4, 0.5) is 5.69 Å². The molecule has 0 aliphatic carbocycles. The molecule has 0 unspecified atom stereocenters. The summed E-state index contributed by atoms with van der Waals surface area (Å²) in [6.45, 7) is 0.509. The van der Waals surface area contributed by atoms with Gasteiger partial charge >= 0.3 is 5.97 Å². The van der Waals surface area contributed by atoms with E-state index in [1.165, 1.54) is 0 Å². The lowest BCUT2D eigenvalue weighted by molar-refractivity contribution is -0.138. The average Bonchev–Trinajstić information content (AvgIpc) is 2.47. The number of halogens is 1. The minimum atomic E-state index is -0.757. The molecule has 1 heterocycles. The van der Waals surface area contributed by atoms with Gasteiger partial charge in [-0.3, -0.25) is 4.79 Å². The van der Waals surface area contributed by atoms with Crippen LogP contribution in [0.15, 0.2) is 24.3 Å². The first-order valence-corrected chi connectivity index (χ1v) is 3.84. The molecule has 70 valence electrons. The standard InChI is InChI=1S/C9H9NO2.ClH/c11-9(12)7-5-10-8-4-2-1-3-6(7)8;/h1-4,7,10H,5H2,(H,11,12);1H/t7-;/m1./s1. The highest BCUT2D eigenvalue weighted by atomic mass is 35.5. The quantitative estimate of drug-likeness (QED) is 0.724. The molecule has 0 saturated carbocycles. The fraction of sp³-hybridized carbons (Fsp3) is 0.222. The molecule has 0 spiro atoms. The maximum atomic E-state index is 10.7. The first-order chi connectivity index (χ1) is 5.79. The third-order valence-electron chi connectivity index (χ3n) is 2.13. The molecule has 0 radical (unpaired) electrons. The molecule has 2 N–H and O–H groups in total. The van der Waals surface area contributed by atoms with Crippen molar-refractivity contribution in [2.75, 3.05) is 11.9 Å². The van der Waals surface area contributed by atoms with Crippen molar-refractivity contribution in [1.82, 2.24) is 0 Å². The molecular weight excluding hydrogens is 190 g/mol. The van der Waals surface area contributed by atoms with Gasteiger partial charge in [0.15, 0.2) is 0 Å². The van der Waals surface area contributed by atoms with Crippen LogP contribution in [0.2, 0.25) is 0 Å². The normalized spacial score (nSPS) is 18.3. The van der Waals surface area contributed by atoms with Gasteiger partial charge in [0.2, 0.25) is 0 Å². The molecule has 3 nitrogen and oxygen atoms in total. The second-order valence-corrected chi connectivity index (χ2v) is 2.86. The Morgan fingerprint density at radius 1 is 1.46 bits per heavy atom. The number of aliphatic carboxylic acids is 1. The van der Waals surface area contributed by atoms with E-state index >= 15 is 0 Å². The molecular formula is C9H10ClNO2. The van der Waals surface area contributed by atoms with E-state index < -0.39 is 5.97 Å². The summed E-state index contributed by atoms with van der Waals surface area (Å²) in [6.07, 6.45) is 0. The van der Waals surface area contributed by atoms with Crippen molar-refractivity contribution >= 4 is 24.1 Å². The number of nitrogens with one attached hydrogen (secondary N) is 1. The van der Waals surface area contributed by atoms with E-state index in [-0.39, 0.29) is 18.3 Å². The predicted molar refractivity (Wildman–Crippen MR) is 52.6 cm³/mol. The predicted octanol–water partition coefficient (Wildman–Crippen LogP) is 1.70. The third-order valence-corrected chi connectivity index (χ3v) is 2.13. The smallest absolute Gasteiger partial charge is 0.312 e. The highest BCUT2D eigenvalue weighted by Crippen LogP contribution is 2.30. The van der Waals surface area contributed by atoms with Crippen LogP contribution in [0.25, 0.3) is 0 Å². The molecule has 0 fully saturated rings. The van der Waals surface area contributed by atoms with Crippen LogP contribution in [-0.2, 0) is 4.79 Å². The molecule has 0 amide bonds. The zero-order chi connectivity index (χ0) is 8.55. The molecule has 13 heavy (non-hydrogen) atoms. The molecule has 4 heteroatoms. The molecule has 0 saturated heterocycles. The third kappa shape index (κ3) is 1.60. The van der Waals surface area contributed by atoms with Crippen molar-refractivity contribution in [2.24, 2.45) is 0 Å². The number of hydrogen-bond acceptors (Lipinski definition) is 2. The Morgan fingerprint density at radius 3 is 2.85 bits per heavy atom. The number of carboxylic acid groups (broad SMARTS) is 1. The van der Waals surface area contributed by atoms with Crippen LogP contribution < -0.4 is 5.32 Å². The van der Waals surface area contributed by atoms with Crippen molar-refractivity contribution in [1.29, 1.82) is 0 Å². The Labute approximate surface area is 82.2 Å². The minimum absolute atomic E-state index is 0. The zero-order valence-electron chi connectivity index (χ0n) is 6.86. The molecule has 1 aromatic rings. The summed E-state index contributed by atoms with van der Waals surface area (Å²) < 4.78 is 0. The summed E-state index contributed by atoms with van der Waals surface area (Å²) in [4.78, 5) is 10.7. The van der Waals surface area contributed by atoms with E-state index in [2.05, 4.69) is 5.32 Å². The lowest BCUT2D eigenvalue weighted by Crippen LogP contribution is -2.12. The monoisotopic (exact) mass is 199 g/mol. The summed E-state index contributed by atoms with van der Waals surface area (Å²) in [6, 6.07) is 7.52. The minimum Gasteiger partial charge on any atom is -0.481 e. The number of anilines is 1. The summed E-state index contributed by atoms with van der Waals surface area (Å²) in [5.74, 6) is -1.13. The van der Waals surface area contributed by atoms with Gasteiger partial charge in [-0.2, -0.15) is 0 Å². The van der Waals surface area contributed by atoms with Gasteiger partial charge in [0.25, 0.3) is 0 Å². The van der Waals surface area contributed by atoms with Gasteiger partial charge in [-0.1, -0.05) is 18.2 Å². The summed E-state index contributed by atoms with van der Waals surface area (Å²) in [7, 11) is 0. The summed E-state index contributed by atoms with van der Waals surface area (Å²) in [5.41, 5.74) is 1.84. The van der Waals surface area contributed by atoms with Crippen LogP contribution in [0.1, 0.15) is 11.5 Å². The van der Waals surface area contributed by atoms with Crippen molar-refractivity contribution in [3.63, 3.8) is 0 Å². The average molecular weight is 200 g/mol. The van der Waals surface area contributed by atoms with E-state index in [1.54, 1.807) is 0 Å². The maximum absolute atomic E-state index is 10.7. The van der Waals surface area contributed by atoms with Crippen molar-refractivity contribution in [2.45, 2.75) is 5.92 Å². The molecule has 1 atom stereocenters. The van der Waals surface area contributed by atoms with Crippen molar-refractivity contribution in [3.05, 3.63) is 29.8 Å². The van der Waals surface area contributed by atoms with Gasteiger partial charge in [-0.25, -0.2) is 0 Å². The topological polar surface area (TPSA) is 49.3 Å². The Hall–Kier alpha value is -1.22. The van der Waals surface area contributed by atoms with Crippen LogP contribution in [0, 0.1) is 0 Å². The van der Waals surface area contributed by atoms with Crippen molar-refractivity contribution in [3.8, 4) is 0 Å². The van der Waals surface area contributed by atoms with Gasteiger partial charge in [-0.05, 0) is 11.6 Å². The van der Waals surface area contributed by atoms with Gasteiger partial charge in [0.1, 0.15) is 5.92 Å². The number of rotatable bonds is 1. The van der Waals surface area contributed by atoms with Gasteiger partial charge in [0, 0.05) is 12.2 Å². The molecule has 0 bridgehead atoms. The molecule has 0 aromatic heterocycles. The fourth-order valence-corrected chi connectivity index (χ4v) is 1.50.